The van der Waals surface area contributed by atoms with Gasteiger partial charge in [-0.25, -0.2) is 0 Å². The molecule has 1 aromatic carbocycles. The van der Waals surface area contributed by atoms with Gasteiger partial charge in [0.2, 0.25) is 5.91 Å². The molecule has 1 saturated heterocycles. The second-order valence-electron chi connectivity index (χ2n) is 4.27. The second kappa shape index (κ2) is 5.96. The maximum Gasteiger partial charge on any atom is 0.223 e. The van der Waals surface area contributed by atoms with Crippen LogP contribution in [0.5, 0.6) is 5.75 Å². The van der Waals surface area contributed by atoms with Gasteiger partial charge in [-0.3, -0.25) is 4.79 Å². The number of carbonyl (C=O) groups is 1. The number of phenols is 1. The van der Waals surface area contributed by atoms with Crippen molar-refractivity contribution in [2.24, 2.45) is 5.92 Å². The smallest absolute Gasteiger partial charge is 0.223 e. The van der Waals surface area contributed by atoms with Crippen molar-refractivity contribution in [3.8, 4) is 5.75 Å². The Hall–Kier alpha value is -1.16. The molecule has 1 unspecified atom stereocenters. The molecule has 1 aromatic rings. The molecule has 2 N–H and O–H groups in total. The number of hydrogen-bond acceptors (Lipinski definition) is 3. The molecule has 1 heterocycles. The Bertz CT molecular complexity index is 372. The van der Waals surface area contributed by atoms with Crippen molar-refractivity contribution in [1.29, 1.82) is 0 Å². The molecule has 1 amide bonds. The fraction of sp³-hybridized carbons (Fsp3) is 0.462. The third-order valence-electron chi connectivity index (χ3n) is 2.95. The number of thioether (sulfide) groups is 1. The zero-order valence-corrected chi connectivity index (χ0v) is 10.5. The van der Waals surface area contributed by atoms with Crippen LogP contribution in [0.25, 0.3) is 0 Å². The summed E-state index contributed by atoms with van der Waals surface area (Å²) < 4.78 is 0. The second-order valence-corrected chi connectivity index (χ2v) is 5.42. The fourth-order valence-corrected chi connectivity index (χ4v) is 3.10. The van der Waals surface area contributed by atoms with Gasteiger partial charge >= 0.3 is 0 Å². The van der Waals surface area contributed by atoms with E-state index >= 15 is 0 Å². The Kier molecular flexibility index (Phi) is 4.31. The van der Waals surface area contributed by atoms with E-state index < -0.39 is 0 Å². The van der Waals surface area contributed by atoms with Gasteiger partial charge in [0, 0.05) is 18.2 Å². The standard InChI is InChI=1S/C13H17NO2S/c15-12-3-1-10(2-4-12)5-7-14-13(16)11-6-8-17-9-11/h1-4,11,15H,5-9H2,(H,14,16). The molecule has 0 aromatic heterocycles. The molecule has 92 valence electrons. The summed E-state index contributed by atoms with van der Waals surface area (Å²) in [5.74, 6) is 2.75. The summed E-state index contributed by atoms with van der Waals surface area (Å²) >= 11 is 1.85. The number of aromatic hydroxyl groups is 1. The predicted octanol–water partition coefficient (Wildman–Crippen LogP) is 1.80. The highest BCUT2D eigenvalue weighted by Crippen LogP contribution is 2.23. The van der Waals surface area contributed by atoms with E-state index in [1.165, 1.54) is 0 Å². The number of amides is 1. The highest BCUT2D eigenvalue weighted by Gasteiger charge is 2.22. The average molecular weight is 251 g/mol. The van der Waals surface area contributed by atoms with Crippen molar-refractivity contribution in [3.05, 3.63) is 29.8 Å². The van der Waals surface area contributed by atoms with Gasteiger partial charge in [-0.05, 0) is 36.3 Å². The van der Waals surface area contributed by atoms with Gasteiger partial charge in [-0.15, -0.1) is 0 Å². The molecule has 4 heteroatoms. The number of benzene rings is 1. The Balaban J connectivity index is 1.72. The monoisotopic (exact) mass is 251 g/mol. The number of hydrogen-bond donors (Lipinski definition) is 2. The van der Waals surface area contributed by atoms with Gasteiger partial charge in [0.25, 0.3) is 0 Å². The van der Waals surface area contributed by atoms with E-state index in [0.717, 1.165) is 29.9 Å². The normalized spacial score (nSPS) is 19.2. The molecule has 1 aliphatic heterocycles. The Morgan fingerprint density at radius 1 is 1.41 bits per heavy atom. The minimum atomic E-state index is 0.189. The summed E-state index contributed by atoms with van der Waals surface area (Å²) in [5.41, 5.74) is 1.13. The number of carbonyl (C=O) groups excluding carboxylic acids is 1. The lowest BCUT2D eigenvalue weighted by Gasteiger charge is -2.09. The number of rotatable bonds is 4. The van der Waals surface area contributed by atoms with Crippen LogP contribution in [0.3, 0.4) is 0 Å². The lowest BCUT2D eigenvalue weighted by Crippen LogP contribution is -2.32. The van der Waals surface area contributed by atoms with Crippen LogP contribution >= 0.6 is 11.8 Å². The molecule has 0 aliphatic carbocycles. The highest BCUT2D eigenvalue weighted by atomic mass is 32.2. The maximum absolute atomic E-state index is 11.7. The largest absolute Gasteiger partial charge is 0.508 e. The fourth-order valence-electron chi connectivity index (χ4n) is 1.88. The lowest BCUT2D eigenvalue weighted by molar-refractivity contribution is -0.124. The first kappa shape index (κ1) is 12.3. The summed E-state index contributed by atoms with van der Waals surface area (Å²) in [6.07, 6.45) is 1.82. The molecule has 3 nitrogen and oxygen atoms in total. The molecule has 0 bridgehead atoms. The third kappa shape index (κ3) is 3.66. The third-order valence-corrected chi connectivity index (χ3v) is 4.11. The average Bonchev–Trinajstić information content (AvgIpc) is 2.85. The summed E-state index contributed by atoms with van der Waals surface area (Å²) in [7, 11) is 0. The van der Waals surface area contributed by atoms with Crippen molar-refractivity contribution in [2.45, 2.75) is 12.8 Å². The van der Waals surface area contributed by atoms with Crippen molar-refractivity contribution >= 4 is 17.7 Å². The molecular weight excluding hydrogens is 234 g/mol. The first-order valence-corrected chi connectivity index (χ1v) is 7.04. The van der Waals surface area contributed by atoms with E-state index in [-0.39, 0.29) is 17.6 Å². The summed E-state index contributed by atoms with van der Waals surface area (Å²) in [5, 5.41) is 12.1. The molecule has 1 aliphatic rings. The van der Waals surface area contributed by atoms with E-state index in [0.29, 0.717) is 6.54 Å². The van der Waals surface area contributed by atoms with Crippen LogP contribution in [0.2, 0.25) is 0 Å². The summed E-state index contributed by atoms with van der Waals surface area (Å²) in [6, 6.07) is 7.11. The maximum atomic E-state index is 11.7. The topological polar surface area (TPSA) is 49.3 Å². The minimum Gasteiger partial charge on any atom is -0.508 e. The van der Waals surface area contributed by atoms with Crippen molar-refractivity contribution in [3.63, 3.8) is 0 Å². The van der Waals surface area contributed by atoms with Gasteiger partial charge in [-0.1, -0.05) is 12.1 Å². The molecule has 2 rings (SSSR count). The molecular formula is C13H17NO2S. The van der Waals surface area contributed by atoms with Crippen LogP contribution in [0.4, 0.5) is 0 Å². The van der Waals surface area contributed by atoms with Crippen LogP contribution in [0, 0.1) is 5.92 Å². The predicted molar refractivity (Wildman–Crippen MR) is 70.3 cm³/mol. The molecule has 1 fully saturated rings. The van der Waals surface area contributed by atoms with E-state index in [9.17, 15) is 4.79 Å². The Labute approximate surface area is 106 Å². The van der Waals surface area contributed by atoms with Gasteiger partial charge in [0.1, 0.15) is 5.75 Å². The van der Waals surface area contributed by atoms with Crippen molar-refractivity contribution in [2.75, 3.05) is 18.1 Å². The van der Waals surface area contributed by atoms with Gasteiger partial charge in [0.15, 0.2) is 0 Å². The SMILES string of the molecule is O=C(NCCc1ccc(O)cc1)C1CCSC1. The van der Waals surface area contributed by atoms with Crippen molar-refractivity contribution < 1.29 is 9.90 Å². The Morgan fingerprint density at radius 2 is 2.18 bits per heavy atom. The van der Waals surface area contributed by atoms with Crippen LogP contribution in [-0.2, 0) is 11.2 Å². The quantitative estimate of drug-likeness (QED) is 0.858. The highest BCUT2D eigenvalue weighted by molar-refractivity contribution is 7.99. The first-order valence-electron chi connectivity index (χ1n) is 5.89. The van der Waals surface area contributed by atoms with E-state index in [1.807, 2.05) is 23.9 Å². The van der Waals surface area contributed by atoms with Gasteiger partial charge in [0.05, 0.1) is 0 Å². The van der Waals surface area contributed by atoms with Crippen LogP contribution in [0.1, 0.15) is 12.0 Å². The minimum absolute atomic E-state index is 0.189. The summed E-state index contributed by atoms with van der Waals surface area (Å²) in [6.45, 7) is 0.671. The van der Waals surface area contributed by atoms with Crippen LogP contribution in [-0.4, -0.2) is 29.1 Å². The Morgan fingerprint density at radius 3 is 2.82 bits per heavy atom. The van der Waals surface area contributed by atoms with Gasteiger partial charge < -0.3 is 10.4 Å². The number of phenolic OH excluding ortho intramolecular Hbond substituents is 1. The number of nitrogens with one attached hydrogen (secondary N) is 1. The van der Waals surface area contributed by atoms with Crippen LogP contribution < -0.4 is 5.32 Å². The van der Waals surface area contributed by atoms with E-state index in [1.54, 1.807) is 12.1 Å². The van der Waals surface area contributed by atoms with Crippen LogP contribution in [0.15, 0.2) is 24.3 Å². The zero-order chi connectivity index (χ0) is 12.1. The molecule has 0 saturated carbocycles. The molecule has 0 radical (unpaired) electrons. The van der Waals surface area contributed by atoms with Crippen molar-refractivity contribution in [1.82, 2.24) is 5.32 Å². The molecule has 17 heavy (non-hydrogen) atoms. The lowest BCUT2D eigenvalue weighted by atomic mass is 10.1. The molecule has 0 spiro atoms. The van der Waals surface area contributed by atoms with E-state index in [2.05, 4.69) is 5.32 Å². The zero-order valence-electron chi connectivity index (χ0n) is 9.69. The van der Waals surface area contributed by atoms with Gasteiger partial charge in [-0.2, -0.15) is 11.8 Å². The first-order chi connectivity index (χ1) is 8.25. The van der Waals surface area contributed by atoms with E-state index in [4.69, 9.17) is 5.11 Å². The summed E-state index contributed by atoms with van der Waals surface area (Å²) in [4.78, 5) is 11.7. The molecule has 1 atom stereocenters.